The van der Waals surface area contributed by atoms with Crippen molar-refractivity contribution >= 4 is 17.6 Å². The molecule has 25 heavy (non-hydrogen) atoms. The van der Waals surface area contributed by atoms with Gasteiger partial charge in [0.1, 0.15) is 5.76 Å². The second-order valence-corrected chi connectivity index (χ2v) is 6.31. The van der Waals surface area contributed by atoms with Crippen LogP contribution < -0.4 is 5.32 Å². The van der Waals surface area contributed by atoms with Crippen molar-refractivity contribution in [1.82, 2.24) is 15.0 Å². The molecule has 7 heteroatoms. The van der Waals surface area contributed by atoms with E-state index in [1.54, 1.807) is 13.0 Å². The fourth-order valence-electron chi connectivity index (χ4n) is 2.80. The van der Waals surface area contributed by atoms with Gasteiger partial charge in [-0.15, -0.1) is 0 Å². The number of carbonyl (C=O) groups is 2. The molecule has 0 saturated carbocycles. The number of benzene rings is 1. The average molecular weight is 342 g/mol. The molecular formula is C18H22N4O3. The lowest BCUT2D eigenvalue weighted by molar-refractivity contribution is -0.117. The zero-order valence-corrected chi connectivity index (χ0v) is 14.5. The third-order valence-electron chi connectivity index (χ3n) is 4.22. The van der Waals surface area contributed by atoms with Gasteiger partial charge in [0.2, 0.25) is 5.91 Å². The van der Waals surface area contributed by atoms with Crippen LogP contribution in [0.3, 0.4) is 0 Å². The first kappa shape index (κ1) is 17.2. The Balaban J connectivity index is 1.47. The van der Waals surface area contributed by atoms with Crippen LogP contribution in [-0.2, 0) is 4.79 Å². The summed E-state index contributed by atoms with van der Waals surface area (Å²) in [5.74, 6) is 0.989. The lowest BCUT2D eigenvalue weighted by Gasteiger charge is -2.34. The van der Waals surface area contributed by atoms with Crippen molar-refractivity contribution in [3.05, 3.63) is 47.2 Å². The molecule has 0 atom stereocenters. The molecule has 1 N–H and O–H groups in total. The summed E-state index contributed by atoms with van der Waals surface area (Å²) in [6.45, 7) is 6.61. The van der Waals surface area contributed by atoms with E-state index in [1.165, 1.54) is 0 Å². The number of hydrogen-bond donors (Lipinski definition) is 1. The molecule has 0 spiro atoms. The molecule has 2 heterocycles. The highest BCUT2D eigenvalue weighted by Gasteiger charge is 2.23. The minimum Gasteiger partial charge on any atom is -0.360 e. The molecule has 0 bridgehead atoms. The van der Waals surface area contributed by atoms with E-state index in [0.29, 0.717) is 43.3 Å². The molecule has 1 aromatic heterocycles. The van der Waals surface area contributed by atoms with Crippen LogP contribution in [0.4, 0.5) is 5.82 Å². The van der Waals surface area contributed by atoms with Crippen molar-refractivity contribution in [2.75, 3.05) is 38.0 Å². The monoisotopic (exact) mass is 342 g/mol. The first-order chi connectivity index (χ1) is 12.0. The molecule has 2 amide bonds. The Hall–Kier alpha value is -2.67. The topological polar surface area (TPSA) is 78.7 Å². The number of piperazine rings is 1. The highest BCUT2D eigenvalue weighted by molar-refractivity contribution is 5.94. The highest BCUT2D eigenvalue weighted by Crippen LogP contribution is 2.11. The number of amides is 2. The van der Waals surface area contributed by atoms with Crippen LogP contribution in [0.5, 0.6) is 0 Å². The molecule has 3 rings (SSSR count). The van der Waals surface area contributed by atoms with Gasteiger partial charge in [0, 0.05) is 37.8 Å². The van der Waals surface area contributed by atoms with Crippen LogP contribution in [0.15, 0.2) is 34.9 Å². The Morgan fingerprint density at radius 3 is 2.40 bits per heavy atom. The van der Waals surface area contributed by atoms with E-state index in [-0.39, 0.29) is 18.4 Å². The maximum Gasteiger partial charge on any atom is 0.253 e. The number of nitrogens with one attached hydrogen (secondary N) is 1. The van der Waals surface area contributed by atoms with E-state index in [4.69, 9.17) is 4.52 Å². The van der Waals surface area contributed by atoms with Gasteiger partial charge in [-0.25, -0.2) is 0 Å². The normalized spacial score (nSPS) is 15.2. The number of carbonyl (C=O) groups excluding carboxylic acids is 2. The lowest BCUT2D eigenvalue weighted by atomic mass is 10.1. The van der Waals surface area contributed by atoms with Gasteiger partial charge in [-0.2, -0.15) is 0 Å². The second-order valence-electron chi connectivity index (χ2n) is 6.31. The van der Waals surface area contributed by atoms with Crippen LogP contribution in [0, 0.1) is 13.8 Å². The first-order valence-electron chi connectivity index (χ1n) is 8.33. The van der Waals surface area contributed by atoms with Gasteiger partial charge in [0.15, 0.2) is 5.82 Å². The number of hydrogen-bond acceptors (Lipinski definition) is 5. The summed E-state index contributed by atoms with van der Waals surface area (Å²) in [6, 6.07) is 9.28. The Labute approximate surface area is 146 Å². The molecule has 1 saturated heterocycles. The first-order valence-corrected chi connectivity index (χ1v) is 8.33. The van der Waals surface area contributed by atoms with E-state index in [0.717, 1.165) is 5.56 Å². The highest BCUT2D eigenvalue weighted by atomic mass is 16.5. The third kappa shape index (κ3) is 4.45. The van der Waals surface area contributed by atoms with Crippen molar-refractivity contribution < 1.29 is 14.1 Å². The van der Waals surface area contributed by atoms with Gasteiger partial charge >= 0.3 is 0 Å². The van der Waals surface area contributed by atoms with Gasteiger partial charge in [-0.3, -0.25) is 14.5 Å². The largest absolute Gasteiger partial charge is 0.360 e. The summed E-state index contributed by atoms with van der Waals surface area (Å²) in [5.41, 5.74) is 1.84. The lowest BCUT2D eigenvalue weighted by Crippen LogP contribution is -2.50. The Kier molecular flexibility index (Phi) is 5.14. The minimum atomic E-state index is -0.133. The van der Waals surface area contributed by atoms with Crippen molar-refractivity contribution in [1.29, 1.82) is 0 Å². The van der Waals surface area contributed by atoms with E-state index in [9.17, 15) is 9.59 Å². The Morgan fingerprint density at radius 1 is 1.12 bits per heavy atom. The van der Waals surface area contributed by atoms with E-state index in [1.807, 2.05) is 41.0 Å². The van der Waals surface area contributed by atoms with Gasteiger partial charge in [0.25, 0.3) is 5.91 Å². The molecule has 132 valence electrons. The molecule has 2 aromatic rings. The SMILES string of the molecule is Cc1ccc(C(=O)N2CCN(CC(=O)Nc3cc(C)on3)CC2)cc1. The van der Waals surface area contributed by atoms with Crippen molar-refractivity contribution in [3.8, 4) is 0 Å². The van der Waals surface area contributed by atoms with Crippen LogP contribution in [0.2, 0.25) is 0 Å². The molecule has 0 unspecified atom stereocenters. The summed E-state index contributed by atoms with van der Waals surface area (Å²) in [7, 11) is 0. The van der Waals surface area contributed by atoms with Gasteiger partial charge in [-0.05, 0) is 26.0 Å². The van der Waals surface area contributed by atoms with E-state index < -0.39 is 0 Å². The predicted molar refractivity (Wildman–Crippen MR) is 93.4 cm³/mol. The quantitative estimate of drug-likeness (QED) is 0.915. The van der Waals surface area contributed by atoms with Gasteiger partial charge < -0.3 is 14.7 Å². The standard InChI is InChI=1S/C18H22N4O3/c1-13-3-5-15(6-4-13)18(24)22-9-7-21(8-10-22)12-17(23)19-16-11-14(2)25-20-16/h3-6,11H,7-10,12H2,1-2H3,(H,19,20,23). The molecular weight excluding hydrogens is 320 g/mol. The van der Waals surface area contributed by atoms with Crippen molar-refractivity contribution in [2.45, 2.75) is 13.8 Å². The zero-order valence-electron chi connectivity index (χ0n) is 14.5. The molecule has 7 nitrogen and oxygen atoms in total. The van der Waals surface area contributed by atoms with E-state index in [2.05, 4.69) is 10.5 Å². The number of rotatable bonds is 4. The molecule has 1 aliphatic heterocycles. The summed E-state index contributed by atoms with van der Waals surface area (Å²) < 4.78 is 4.92. The van der Waals surface area contributed by atoms with Crippen LogP contribution in [-0.4, -0.2) is 59.5 Å². The van der Waals surface area contributed by atoms with Crippen molar-refractivity contribution in [2.24, 2.45) is 0 Å². The molecule has 1 aromatic carbocycles. The number of aromatic nitrogens is 1. The summed E-state index contributed by atoms with van der Waals surface area (Å²) in [4.78, 5) is 28.4. The summed E-state index contributed by atoms with van der Waals surface area (Å²) >= 11 is 0. The van der Waals surface area contributed by atoms with E-state index >= 15 is 0 Å². The van der Waals surface area contributed by atoms with Crippen LogP contribution >= 0.6 is 0 Å². The maximum atomic E-state index is 12.5. The summed E-state index contributed by atoms with van der Waals surface area (Å²) in [6.07, 6.45) is 0. The summed E-state index contributed by atoms with van der Waals surface area (Å²) in [5, 5.41) is 6.45. The molecule has 0 aliphatic carbocycles. The van der Waals surface area contributed by atoms with Crippen molar-refractivity contribution in [3.63, 3.8) is 0 Å². The number of nitrogens with zero attached hydrogens (tertiary/aromatic N) is 3. The number of aryl methyl sites for hydroxylation is 2. The molecule has 1 aliphatic rings. The molecule has 0 radical (unpaired) electrons. The van der Waals surface area contributed by atoms with Crippen LogP contribution in [0.25, 0.3) is 0 Å². The maximum absolute atomic E-state index is 12.5. The van der Waals surface area contributed by atoms with Crippen LogP contribution in [0.1, 0.15) is 21.7 Å². The zero-order chi connectivity index (χ0) is 17.8. The molecule has 1 fully saturated rings. The fraction of sp³-hybridized carbons (Fsp3) is 0.389. The second kappa shape index (κ2) is 7.48. The predicted octanol–water partition coefficient (Wildman–Crippen LogP) is 1.69. The van der Waals surface area contributed by atoms with Gasteiger partial charge in [0.05, 0.1) is 6.54 Å². The Morgan fingerprint density at radius 2 is 1.80 bits per heavy atom. The smallest absolute Gasteiger partial charge is 0.253 e. The average Bonchev–Trinajstić information content (AvgIpc) is 3.00. The minimum absolute atomic E-state index is 0.0437. The third-order valence-corrected chi connectivity index (χ3v) is 4.22. The Bertz CT molecular complexity index is 746. The fourth-order valence-corrected chi connectivity index (χ4v) is 2.80. The van der Waals surface area contributed by atoms with Gasteiger partial charge in [-0.1, -0.05) is 22.9 Å². The number of anilines is 1.